The van der Waals surface area contributed by atoms with Crippen molar-refractivity contribution in [1.82, 2.24) is 4.98 Å². The molecule has 2 aromatic rings. The molecule has 0 spiro atoms. The minimum atomic E-state index is -1.02. The SMILES string of the molecule is Cc1nc(Oc2cccc(F)c2F)ccc1Br. The number of hydrogen-bond acceptors (Lipinski definition) is 2. The molecule has 1 heterocycles. The van der Waals surface area contributed by atoms with Gasteiger partial charge in [-0.05, 0) is 41.1 Å². The van der Waals surface area contributed by atoms with Crippen LogP contribution < -0.4 is 4.74 Å². The first-order valence-electron chi connectivity index (χ1n) is 4.83. The minimum Gasteiger partial charge on any atom is -0.436 e. The standard InChI is InChI=1S/C12H8BrF2NO/c1-7-8(13)5-6-11(16-7)17-10-4-2-3-9(14)12(10)15/h2-6H,1H3. The van der Waals surface area contributed by atoms with Crippen molar-refractivity contribution < 1.29 is 13.5 Å². The van der Waals surface area contributed by atoms with Gasteiger partial charge in [0.2, 0.25) is 11.7 Å². The van der Waals surface area contributed by atoms with Gasteiger partial charge in [0.1, 0.15) is 0 Å². The third-order valence-electron chi connectivity index (χ3n) is 2.13. The third-order valence-corrected chi connectivity index (χ3v) is 2.96. The molecular weight excluding hydrogens is 292 g/mol. The van der Waals surface area contributed by atoms with Crippen molar-refractivity contribution in [2.24, 2.45) is 0 Å². The van der Waals surface area contributed by atoms with Gasteiger partial charge in [0.05, 0.1) is 5.69 Å². The van der Waals surface area contributed by atoms with Crippen molar-refractivity contribution in [3.8, 4) is 11.6 Å². The Balaban J connectivity index is 2.31. The normalized spacial score (nSPS) is 10.4. The van der Waals surface area contributed by atoms with E-state index in [1.54, 1.807) is 19.1 Å². The molecule has 1 aromatic heterocycles. The van der Waals surface area contributed by atoms with Crippen LogP contribution >= 0.6 is 15.9 Å². The lowest BCUT2D eigenvalue weighted by molar-refractivity contribution is 0.405. The van der Waals surface area contributed by atoms with Gasteiger partial charge < -0.3 is 4.74 Å². The van der Waals surface area contributed by atoms with Crippen molar-refractivity contribution >= 4 is 15.9 Å². The molecule has 0 bridgehead atoms. The van der Waals surface area contributed by atoms with E-state index in [0.29, 0.717) is 5.69 Å². The predicted molar refractivity (Wildman–Crippen MR) is 63.1 cm³/mol. The first-order valence-corrected chi connectivity index (χ1v) is 5.62. The molecule has 2 rings (SSSR count). The highest BCUT2D eigenvalue weighted by atomic mass is 79.9. The number of ether oxygens (including phenoxy) is 1. The van der Waals surface area contributed by atoms with E-state index in [9.17, 15) is 8.78 Å². The highest BCUT2D eigenvalue weighted by Gasteiger charge is 2.10. The number of benzene rings is 1. The Morgan fingerprint density at radius 1 is 1.18 bits per heavy atom. The molecule has 0 fully saturated rings. The molecule has 0 aliphatic rings. The fourth-order valence-corrected chi connectivity index (χ4v) is 1.47. The quantitative estimate of drug-likeness (QED) is 0.828. The van der Waals surface area contributed by atoms with Crippen LogP contribution in [-0.4, -0.2) is 4.98 Å². The maximum Gasteiger partial charge on any atom is 0.219 e. The Bertz CT molecular complexity index is 560. The summed E-state index contributed by atoms with van der Waals surface area (Å²) in [5.41, 5.74) is 0.708. The van der Waals surface area contributed by atoms with Crippen molar-refractivity contribution in [3.05, 3.63) is 52.1 Å². The van der Waals surface area contributed by atoms with Gasteiger partial charge in [0.15, 0.2) is 11.6 Å². The van der Waals surface area contributed by atoms with Crippen LogP contribution in [0.3, 0.4) is 0 Å². The topological polar surface area (TPSA) is 22.1 Å². The summed E-state index contributed by atoms with van der Waals surface area (Å²) >= 11 is 3.29. The zero-order valence-corrected chi connectivity index (χ0v) is 10.5. The van der Waals surface area contributed by atoms with Crippen LogP contribution in [0.25, 0.3) is 0 Å². The van der Waals surface area contributed by atoms with Gasteiger partial charge in [0, 0.05) is 10.5 Å². The first-order chi connectivity index (χ1) is 8.08. The van der Waals surface area contributed by atoms with Gasteiger partial charge in [-0.15, -0.1) is 0 Å². The molecule has 0 radical (unpaired) electrons. The van der Waals surface area contributed by atoms with E-state index in [-0.39, 0.29) is 11.6 Å². The van der Waals surface area contributed by atoms with E-state index in [4.69, 9.17) is 4.74 Å². The fraction of sp³-hybridized carbons (Fsp3) is 0.0833. The number of hydrogen-bond donors (Lipinski definition) is 0. The molecule has 0 saturated carbocycles. The molecule has 0 aliphatic heterocycles. The molecule has 0 N–H and O–H groups in total. The van der Waals surface area contributed by atoms with Gasteiger partial charge in [0.25, 0.3) is 0 Å². The Hall–Kier alpha value is -1.49. The Labute approximate surface area is 105 Å². The first kappa shape index (κ1) is 12.0. The van der Waals surface area contributed by atoms with Gasteiger partial charge in [-0.3, -0.25) is 0 Å². The molecule has 0 amide bonds. The lowest BCUT2D eigenvalue weighted by Gasteiger charge is -2.07. The highest BCUT2D eigenvalue weighted by Crippen LogP contribution is 2.26. The summed E-state index contributed by atoms with van der Waals surface area (Å²) in [4.78, 5) is 4.08. The molecular formula is C12H8BrF2NO. The maximum atomic E-state index is 13.3. The number of halogens is 3. The summed E-state index contributed by atoms with van der Waals surface area (Å²) in [6, 6.07) is 7.05. The van der Waals surface area contributed by atoms with E-state index in [0.717, 1.165) is 10.5 Å². The van der Waals surface area contributed by atoms with Crippen LogP contribution in [0.4, 0.5) is 8.78 Å². The molecule has 0 atom stereocenters. The van der Waals surface area contributed by atoms with Gasteiger partial charge in [-0.25, -0.2) is 9.37 Å². The van der Waals surface area contributed by atoms with Gasteiger partial charge in [-0.2, -0.15) is 4.39 Å². The molecule has 1 aromatic carbocycles. The van der Waals surface area contributed by atoms with Crippen molar-refractivity contribution in [2.45, 2.75) is 6.92 Å². The number of pyridine rings is 1. The number of rotatable bonds is 2. The van der Waals surface area contributed by atoms with E-state index < -0.39 is 11.6 Å². The van der Waals surface area contributed by atoms with Crippen LogP contribution in [-0.2, 0) is 0 Å². The average Bonchev–Trinajstić information content (AvgIpc) is 2.30. The summed E-state index contributed by atoms with van der Waals surface area (Å²) in [7, 11) is 0. The number of aromatic nitrogens is 1. The Kier molecular flexibility index (Phi) is 3.38. The molecule has 17 heavy (non-hydrogen) atoms. The van der Waals surface area contributed by atoms with Crippen LogP contribution in [0.5, 0.6) is 11.6 Å². The minimum absolute atomic E-state index is 0.181. The Morgan fingerprint density at radius 3 is 2.65 bits per heavy atom. The van der Waals surface area contributed by atoms with Crippen molar-refractivity contribution in [2.75, 3.05) is 0 Å². The summed E-state index contributed by atoms with van der Waals surface area (Å²) in [5.74, 6) is -1.93. The van der Waals surface area contributed by atoms with Gasteiger partial charge in [-0.1, -0.05) is 6.07 Å². The zero-order chi connectivity index (χ0) is 12.4. The largest absolute Gasteiger partial charge is 0.436 e. The molecule has 5 heteroatoms. The van der Waals surface area contributed by atoms with E-state index in [2.05, 4.69) is 20.9 Å². The van der Waals surface area contributed by atoms with E-state index in [1.807, 2.05) is 0 Å². The molecule has 88 valence electrons. The van der Waals surface area contributed by atoms with Crippen LogP contribution in [0.2, 0.25) is 0 Å². The van der Waals surface area contributed by atoms with Crippen molar-refractivity contribution in [1.29, 1.82) is 0 Å². The maximum absolute atomic E-state index is 13.3. The number of nitrogens with zero attached hydrogens (tertiary/aromatic N) is 1. The van der Waals surface area contributed by atoms with Crippen LogP contribution in [0.1, 0.15) is 5.69 Å². The summed E-state index contributed by atoms with van der Waals surface area (Å²) in [5, 5.41) is 0. The van der Waals surface area contributed by atoms with E-state index >= 15 is 0 Å². The number of aryl methyl sites for hydroxylation is 1. The lowest BCUT2D eigenvalue weighted by atomic mass is 10.3. The summed E-state index contributed by atoms with van der Waals surface area (Å²) < 4.78 is 32.3. The summed E-state index contributed by atoms with van der Waals surface area (Å²) in [6.45, 7) is 1.78. The van der Waals surface area contributed by atoms with Crippen LogP contribution in [0.15, 0.2) is 34.8 Å². The van der Waals surface area contributed by atoms with Crippen LogP contribution in [0, 0.1) is 18.6 Å². The zero-order valence-electron chi connectivity index (χ0n) is 8.88. The second-order valence-electron chi connectivity index (χ2n) is 3.37. The smallest absolute Gasteiger partial charge is 0.219 e. The molecule has 0 unspecified atom stereocenters. The predicted octanol–water partition coefficient (Wildman–Crippen LogP) is 4.22. The molecule has 0 aliphatic carbocycles. The second-order valence-corrected chi connectivity index (χ2v) is 4.23. The molecule has 0 saturated heterocycles. The summed E-state index contributed by atoms with van der Waals surface area (Å²) in [6.07, 6.45) is 0. The highest BCUT2D eigenvalue weighted by molar-refractivity contribution is 9.10. The fourth-order valence-electron chi connectivity index (χ4n) is 1.25. The average molecular weight is 300 g/mol. The Morgan fingerprint density at radius 2 is 1.94 bits per heavy atom. The monoisotopic (exact) mass is 299 g/mol. The third kappa shape index (κ3) is 2.61. The lowest BCUT2D eigenvalue weighted by Crippen LogP contribution is -1.94. The molecule has 2 nitrogen and oxygen atoms in total. The second kappa shape index (κ2) is 4.79. The van der Waals surface area contributed by atoms with E-state index in [1.165, 1.54) is 12.1 Å². The van der Waals surface area contributed by atoms with Gasteiger partial charge >= 0.3 is 0 Å². The van der Waals surface area contributed by atoms with Crippen molar-refractivity contribution in [3.63, 3.8) is 0 Å².